The van der Waals surface area contributed by atoms with Crippen molar-refractivity contribution in [3.8, 4) is 5.75 Å². The van der Waals surface area contributed by atoms with Crippen molar-refractivity contribution in [2.45, 2.75) is 13.0 Å². The molecule has 0 saturated heterocycles. The van der Waals surface area contributed by atoms with Crippen LogP contribution in [0, 0.1) is 0 Å². The molecule has 3 heterocycles. The summed E-state index contributed by atoms with van der Waals surface area (Å²) < 4.78 is 5.38. The minimum absolute atomic E-state index is 0. The fraction of sp³-hybridized carbons (Fsp3) is 0.312. The minimum Gasteiger partial charge on any atom is -0.482 e. The Labute approximate surface area is 150 Å². The molecule has 0 radical (unpaired) electrons. The topological polar surface area (TPSA) is 99.3 Å². The number of nitrogens with zero attached hydrogens (tertiary/aromatic N) is 2. The number of carbonyl (C=O) groups excluding carboxylic acids is 2. The molecule has 0 bridgehead atoms. The number of aromatic amines is 1. The average Bonchev–Trinajstić information content (AvgIpc) is 3.03. The van der Waals surface area contributed by atoms with Crippen LogP contribution in [0.15, 0.2) is 18.2 Å². The van der Waals surface area contributed by atoms with Crippen LogP contribution in [0.2, 0.25) is 0 Å². The van der Waals surface area contributed by atoms with Crippen LogP contribution in [-0.4, -0.2) is 42.2 Å². The summed E-state index contributed by atoms with van der Waals surface area (Å²) >= 11 is 0. The number of hydrogen-bond donors (Lipinski definition) is 3. The Morgan fingerprint density at radius 3 is 3.08 bits per heavy atom. The number of rotatable bonds is 2. The minimum atomic E-state index is -0.276. The number of H-pyrrole nitrogens is 1. The van der Waals surface area contributed by atoms with Crippen molar-refractivity contribution in [3.05, 3.63) is 35.2 Å². The maximum atomic E-state index is 12.5. The molecule has 0 spiro atoms. The van der Waals surface area contributed by atoms with E-state index in [1.807, 2.05) is 0 Å². The van der Waals surface area contributed by atoms with Gasteiger partial charge in [0.2, 0.25) is 0 Å². The van der Waals surface area contributed by atoms with Crippen molar-refractivity contribution in [1.29, 1.82) is 0 Å². The van der Waals surface area contributed by atoms with Gasteiger partial charge in [-0.2, -0.15) is 5.10 Å². The Morgan fingerprint density at radius 2 is 2.24 bits per heavy atom. The Morgan fingerprint density at radius 1 is 1.40 bits per heavy atom. The number of carbonyl (C=O) groups is 2. The van der Waals surface area contributed by atoms with Gasteiger partial charge in [-0.3, -0.25) is 14.7 Å². The number of benzene rings is 1. The first-order valence-electron chi connectivity index (χ1n) is 7.75. The first kappa shape index (κ1) is 17.2. The van der Waals surface area contributed by atoms with Crippen LogP contribution in [0.5, 0.6) is 5.75 Å². The van der Waals surface area contributed by atoms with Crippen LogP contribution in [-0.2, 0) is 17.8 Å². The van der Waals surface area contributed by atoms with E-state index in [1.165, 1.54) is 4.90 Å². The zero-order valence-electron chi connectivity index (χ0n) is 13.6. The summed E-state index contributed by atoms with van der Waals surface area (Å²) in [6.07, 6.45) is 0.832. The largest absolute Gasteiger partial charge is 0.482 e. The Hall–Kier alpha value is -2.58. The molecule has 1 aromatic carbocycles. The van der Waals surface area contributed by atoms with E-state index in [4.69, 9.17) is 4.74 Å². The molecule has 2 aliphatic heterocycles. The second-order valence-electron chi connectivity index (χ2n) is 5.83. The molecule has 132 valence electrons. The summed E-state index contributed by atoms with van der Waals surface area (Å²) in [5, 5.41) is 13.1. The highest BCUT2D eigenvalue weighted by Crippen LogP contribution is 2.33. The van der Waals surface area contributed by atoms with Gasteiger partial charge < -0.3 is 20.3 Å². The van der Waals surface area contributed by atoms with Crippen LogP contribution < -0.4 is 20.3 Å². The number of likely N-dealkylation sites (N-methyl/N-ethyl adjacent to an activating group) is 1. The van der Waals surface area contributed by atoms with Crippen LogP contribution in [0.3, 0.4) is 0 Å². The molecule has 0 unspecified atom stereocenters. The lowest BCUT2D eigenvalue weighted by molar-refractivity contribution is -0.120. The average molecular weight is 364 g/mol. The van der Waals surface area contributed by atoms with Gasteiger partial charge in [0, 0.05) is 43.5 Å². The highest BCUT2D eigenvalue weighted by atomic mass is 35.5. The van der Waals surface area contributed by atoms with E-state index in [1.54, 1.807) is 25.2 Å². The van der Waals surface area contributed by atoms with Crippen LogP contribution >= 0.6 is 12.4 Å². The maximum Gasteiger partial charge on any atom is 0.276 e. The van der Waals surface area contributed by atoms with E-state index in [9.17, 15) is 9.59 Å². The van der Waals surface area contributed by atoms with E-state index in [0.717, 1.165) is 24.2 Å². The van der Waals surface area contributed by atoms with Gasteiger partial charge in [0.1, 0.15) is 5.75 Å². The van der Waals surface area contributed by atoms with Gasteiger partial charge in [0.05, 0.1) is 5.69 Å². The van der Waals surface area contributed by atoms with Crippen molar-refractivity contribution < 1.29 is 14.3 Å². The normalized spacial score (nSPS) is 15.6. The summed E-state index contributed by atoms with van der Waals surface area (Å²) in [6, 6.07) is 5.22. The molecule has 3 N–H and O–H groups in total. The smallest absolute Gasteiger partial charge is 0.276 e. The van der Waals surface area contributed by atoms with Crippen LogP contribution in [0.25, 0.3) is 0 Å². The standard InChI is InChI=1S/C16H17N5O3.ClH/c1-21-12-6-9(2-3-13(12)24-8-14(21)22)18-16(23)15-10-7-17-5-4-11(10)19-20-15;/h2-3,6,17H,4-5,7-8H2,1H3,(H,18,23)(H,19,20);1H. The first-order chi connectivity index (χ1) is 11.6. The molecule has 1 aromatic heterocycles. The fourth-order valence-corrected chi connectivity index (χ4v) is 2.95. The number of hydrogen-bond acceptors (Lipinski definition) is 5. The van der Waals surface area contributed by atoms with E-state index in [2.05, 4.69) is 20.8 Å². The fourth-order valence-electron chi connectivity index (χ4n) is 2.95. The van der Waals surface area contributed by atoms with Gasteiger partial charge in [0.15, 0.2) is 12.3 Å². The third kappa shape index (κ3) is 3.06. The number of amides is 2. The second-order valence-corrected chi connectivity index (χ2v) is 5.83. The van der Waals surface area contributed by atoms with Crippen molar-refractivity contribution in [1.82, 2.24) is 15.5 Å². The zero-order valence-corrected chi connectivity index (χ0v) is 14.4. The predicted octanol–water partition coefficient (Wildman–Crippen LogP) is 1.08. The van der Waals surface area contributed by atoms with Crippen molar-refractivity contribution in [3.63, 3.8) is 0 Å². The number of fused-ring (bicyclic) bond motifs is 2. The molecule has 2 aliphatic rings. The third-order valence-corrected chi connectivity index (χ3v) is 4.32. The molecule has 4 rings (SSSR count). The highest BCUT2D eigenvalue weighted by molar-refractivity contribution is 6.05. The Balaban J connectivity index is 0.00000182. The van der Waals surface area contributed by atoms with E-state index in [0.29, 0.717) is 29.4 Å². The van der Waals surface area contributed by atoms with Crippen molar-refractivity contribution in [2.75, 3.05) is 30.4 Å². The van der Waals surface area contributed by atoms with E-state index >= 15 is 0 Å². The van der Waals surface area contributed by atoms with Gasteiger partial charge in [-0.15, -0.1) is 12.4 Å². The summed E-state index contributed by atoms with van der Waals surface area (Å²) in [5.41, 5.74) is 3.53. The molecule has 8 nitrogen and oxygen atoms in total. The van der Waals surface area contributed by atoms with Gasteiger partial charge in [0.25, 0.3) is 11.8 Å². The molecule has 9 heteroatoms. The van der Waals surface area contributed by atoms with Crippen LogP contribution in [0.1, 0.15) is 21.7 Å². The molecular weight excluding hydrogens is 346 g/mol. The summed E-state index contributed by atoms with van der Waals surface area (Å²) in [4.78, 5) is 25.8. The summed E-state index contributed by atoms with van der Waals surface area (Å²) in [6.45, 7) is 1.53. The molecule has 0 aliphatic carbocycles. The number of halogens is 1. The molecule has 0 fully saturated rings. The maximum absolute atomic E-state index is 12.5. The molecule has 0 saturated carbocycles. The lowest BCUT2D eigenvalue weighted by atomic mass is 10.1. The molecule has 2 aromatic rings. The van der Waals surface area contributed by atoms with Crippen molar-refractivity contribution in [2.24, 2.45) is 0 Å². The molecule has 25 heavy (non-hydrogen) atoms. The first-order valence-corrected chi connectivity index (χ1v) is 7.75. The number of anilines is 2. The SMILES string of the molecule is CN1C(=O)COc2ccc(NC(=O)c3n[nH]c4c3CNCC4)cc21.Cl. The Bertz CT molecular complexity index is 835. The van der Waals surface area contributed by atoms with Gasteiger partial charge in [-0.05, 0) is 18.2 Å². The Kier molecular flexibility index (Phi) is 4.65. The summed E-state index contributed by atoms with van der Waals surface area (Å²) in [5.74, 6) is 0.219. The summed E-state index contributed by atoms with van der Waals surface area (Å²) in [7, 11) is 1.69. The third-order valence-electron chi connectivity index (χ3n) is 4.32. The number of ether oxygens (including phenoxy) is 1. The van der Waals surface area contributed by atoms with E-state index in [-0.39, 0.29) is 30.8 Å². The quantitative estimate of drug-likeness (QED) is 0.741. The molecule has 0 atom stereocenters. The monoisotopic (exact) mass is 363 g/mol. The molecular formula is C16H18ClN5O3. The molecule has 2 amide bonds. The zero-order chi connectivity index (χ0) is 16.7. The number of nitrogens with one attached hydrogen (secondary N) is 3. The lowest BCUT2D eigenvalue weighted by Crippen LogP contribution is -2.35. The second kappa shape index (κ2) is 6.73. The lowest BCUT2D eigenvalue weighted by Gasteiger charge is -2.26. The van der Waals surface area contributed by atoms with E-state index < -0.39 is 0 Å². The van der Waals surface area contributed by atoms with Gasteiger partial charge in [-0.25, -0.2) is 0 Å². The highest BCUT2D eigenvalue weighted by Gasteiger charge is 2.24. The van der Waals surface area contributed by atoms with Gasteiger partial charge >= 0.3 is 0 Å². The van der Waals surface area contributed by atoms with Crippen LogP contribution in [0.4, 0.5) is 11.4 Å². The van der Waals surface area contributed by atoms with Gasteiger partial charge in [-0.1, -0.05) is 0 Å². The van der Waals surface area contributed by atoms with Crippen molar-refractivity contribution >= 4 is 35.6 Å². The predicted molar refractivity (Wildman–Crippen MR) is 94.5 cm³/mol. The number of aromatic nitrogens is 2.